The number of likely N-dealkylation sites (tertiary alicyclic amines) is 1. The Balaban J connectivity index is 2.22. The van der Waals surface area contributed by atoms with Gasteiger partial charge in [-0.3, -0.25) is 9.59 Å². The van der Waals surface area contributed by atoms with E-state index in [1.165, 1.54) is 13.2 Å². The van der Waals surface area contributed by atoms with Crippen molar-refractivity contribution >= 4 is 11.9 Å². The van der Waals surface area contributed by atoms with Gasteiger partial charge >= 0.3 is 5.97 Å². The highest BCUT2D eigenvalue weighted by Crippen LogP contribution is 2.40. The molecule has 0 bridgehead atoms. The van der Waals surface area contributed by atoms with Gasteiger partial charge in [0.15, 0.2) is 0 Å². The summed E-state index contributed by atoms with van der Waals surface area (Å²) in [5, 5.41) is 8.97. The minimum Gasteiger partial charge on any atom is -0.496 e. The van der Waals surface area contributed by atoms with Crippen molar-refractivity contribution in [2.45, 2.75) is 45.6 Å². The van der Waals surface area contributed by atoms with Gasteiger partial charge in [-0.2, -0.15) is 0 Å². The van der Waals surface area contributed by atoms with Crippen LogP contribution in [0.5, 0.6) is 5.75 Å². The molecule has 1 heterocycles. The predicted molar refractivity (Wildman–Crippen MR) is 87.3 cm³/mol. The SMILES string of the molecule is COc1cccc(F)c1C1CCCN1C(=O)CC(C)(C)CC(=O)O. The molecule has 5 nitrogen and oxygen atoms in total. The van der Waals surface area contributed by atoms with Crippen LogP contribution in [0.1, 0.15) is 51.1 Å². The van der Waals surface area contributed by atoms with Crippen molar-refractivity contribution in [3.05, 3.63) is 29.6 Å². The number of carbonyl (C=O) groups excluding carboxylic acids is 1. The van der Waals surface area contributed by atoms with Crippen LogP contribution in [0, 0.1) is 11.2 Å². The Morgan fingerprint density at radius 3 is 2.71 bits per heavy atom. The molecule has 1 unspecified atom stereocenters. The molecule has 1 aromatic rings. The van der Waals surface area contributed by atoms with Crippen LogP contribution in [-0.2, 0) is 9.59 Å². The van der Waals surface area contributed by atoms with Gasteiger partial charge in [0.2, 0.25) is 5.91 Å². The van der Waals surface area contributed by atoms with Gasteiger partial charge in [0, 0.05) is 13.0 Å². The van der Waals surface area contributed by atoms with E-state index in [0.29, 0.717) is 24.3 Å². The Kier molecular flexibility index (Phi) is 5.47. The lowest BCUT2D eigenvalue weighted by Crippen LogP contribution is -2.35. The van der Waals surface area contributed by atoms with E-state index in [-0.39, 0.29) is 30.6 Å². The fraction of sp³-hybridized carbons (Fsp3) is 0.556. The van der Waals surface area contributed by atoms with Crippen molar-refractivity contribution < 1.29 is 23.8 Å². The van der Waals surface area contributed by atoms with E-state index in [1.807, 2.05) is 0 Å². The summed E-state index contributed by atoms with van der Waals surface area (Å²) < 4.78 is 19.6. The largest absolute Gasteiger partial charge is 0.496 e. The summed E-state index contributed by atoms with van der Waals surface area (Å²) in [5.74, 6) is -1.02. The van der Waals surface area contributed by atoms with E-state index < -0.39 is 11.4 Å². The molecule has 1 atom stereocenters. The molecule has 2 rings (SSSR count). The lowest BCUT2D eigenvalue weighted by Gasteiger charge is -2.30. The number of aliphatic carboxylic acids is 1. The third-order valence-electron chi connectivity index (χ3n) is 4.40. The Morgan fingerprint density at radius 2 is 2.08 bits per heavy atom. The molecule has 24 heavy (non-hydrogen) atoms. The van der Waals surface area contributed by atoms with Crippen LogP contribution in [0.2, 0.25) is 0 Å². The van der Waals surface area contributed by atoms with Crippen LogP contribution in [-0.4, -0.2) is 35.5 Å². The predicted octanol–water partition coefficient (Wildman–Crippen LogP) is 3.39. The van der Waals surface area contributed by atoms with Gasteiger partial charge in [0.1, 0.15) is 11.6 Å². The summed E-state index contributed by atoms with van der Waals surface area (Å²) in [5.41, 5.74) is -0.239. The van der Waals surface area contributed by atoms with Crippen LogP contribution in [0.3, 0.4) is 0 Å². The van der Waals surface area contributed by atoms with Crippen molar-refractivity contribution in [2.24, 2.45) is 5.41 Å². The smallest absolute Gasteiger partial charge is 0.303 e. The van der Waals surface area contributed by atoms with Crippen LogP contribution in [0.25, 0.3) is 0 Å². The van der Waals surface area contributed by atoms with Gasteiger partial charge < -0.3 is 14.7 Å². The average molecular weight is 337 g/mol. The number of nitrogens with zero attached hydrogens (tertiary/aromatic N) is 1. The normalized spacial score (nSPS) is 17.8. The molecule has 1 N–H and O–H groups in total. The Bertz CT molecular complexity index is 629. The topological polar surface area (TPSA) is 66.8 Å². The monoisotopic (exact) mass is 337 g/mol. The van der Waals surface area contributed by atoms with E-state index in [1.54, 1.807) is 30.9 Å². The highest BCUT2D eigenvalue weighted by molar-refractivity contribution is 5.79. The van der Waals surface area contributed by atoms with E-state index in [2.05, 4.69) is 0 Å². The molecule has 1 aliphatic heterocycles. The molecule has 0 spiro atoms. The quantitative estimate of drug-likeness (QED) is 0.864. The number of hydrogen-bond donors (Lipinski definition) is 1. The molecule has 6 heteroatoms. The number of methoxy groups -OCH3 is 1. The molecule has 0 aliphatic carbocycles. The number of ether oxygens (including phenoxy) is 1. The summed E-state index contributed by atoms with van der Waals surface area (Å²) in [6.07, 6.45) is 1.49. The maximum atomic E-state index is 14.3. The number of benzene rings is 1. The van der Waals surface area contributed by atoms with Gasteiger partial charge in [-0.25, -0.2) is 4.39 Å². The Hall–Kier alpha value is -2.11. The Morgan fingerprint density at radius 1 is 1.38 bits per heavy atom. The zero-order valence-electron chi connectivity index (χ0n) is 14.3. The number of rotatable bonds is 6. The second kappa shape index (κ2) is 7.20. The van der Waals surface area contributed by atoms with Crippen molar-refractivity contribution in [3.8, 4) is 5.75 Å². The number of hydrogen-bond acceptors (Lipinski definition) is 3. The second-order valence-electron chi connectivity index (χ2n) is 7.01. The van der Waals surface area contributed by atoms with E-state index in [4.69, 9.17) is 9.84 Å². The molecule has 1 amide bonds. The summed E-state index contributed by atoms with van der Waals surface area (Å²) in [6, 6.07) is 4.27. The summed E-state index contributed by atoms with van der Waals surface area (Å²) in [6.45, 7) is 4.06. The third-order valence-corrected chi connectivity index (χ3v) is 4.40. The van der Waals surface area contributed by atoms with Gasteiger partial charge in [0.25, 0.3) is 0 Å². The van der Waals surface area contributed by atoms with Gasteiger partial charge in [-0.05, 0) is 30.4 Å². The zero-order chi connectivity index (χ0) is 17.9. The van der Waals surface area contributed by atoms with Crippen LogP contribution >= 0.6 is 0 Å². The number of carboxylic acid groups (broad SMARTS) is 1. The molecule has 1 aromatic carbocycles. The molecule has 1 aliphatic rings. The zero-order valence-corrected chi connectivity index (χ0v) is 14.3. The van der Waals surface area contributed by atoms with Gasteiger partial charge in [-0.15, -0.1) is 0 Å². The minimum absolute atomic E-state index is 0.0831. The lowest BCUT2D eigenvalue weighted by atomic mass is 9.85. The Labute approximate surface area is 141 Å². The lowest BCUT2D eigenvalue weighted by molar-refractivity contribution is -0.141. The highest BCUT2D eigenvalue weighted by Gasteiger charge is 2.36. The first-order valence-corrected chi connectivity index (χ1v) is 8.09. The van der Waals surface area contributed by atoms with Gasteiger partial charge in [0.05, 0.1) is 25.1 Å². The molecule has 0 aromatic heterocycles. The first-order valence-electron chi connectivity index (χ1n) is 8.09. The van der Waals surface area contributed by atoms with E-state index >= 15 is 0 Å². The maximum absolute atomic E-state index is 14.3. The fourth-order valence-corrected chi connectivity index (χ4v) is 3.37. The second-order valence-corrected chi connectivity index (χ2v) is 7.01. The number of carboxylic acids is 1. The molecule has 132 valence electrons. The molecular weight excluding hydrogens is 313 g/mol. The minimum atomic E-state index is -0.929. The summed E-state index contributed by atoms with van der Waals surface area (Å²) in [4.78, 5) is 25.3. The highest BCUT2D eigenvalue weighted by atomic mass is 19.1. The van der Waals surface area contributed by atoms with Crippen LogP contribution in [0.15, 0.2) is 18.2 Å². The fourth-order valence-electron chi connectivity index (χ4n) is 3.37. The maximum Gasteiger partial charge on any atom is 0.303 e. The average Bonchev–Trinajstić information content (AvgIpc) is 2.93. The van der Waals surface area contributed by atoms with Gasteiger partial charge in [-0.1, -0.05) is 19.9 Å². The molecular formula is C18H24FNO4. The van der Waals surface area contributed by atoms with Crippen molar-refractivity contribution in [1.82, 2.24) is 4.90 Å². The van der Waals surface area contributed by atoms with Crippen molar-refractivity contribution in [2.75, 3.05) is 13.7 Å². The third kappa shape index (κ3) is 4.04. The number of halogens is 1. The molecule has 1 fully saturated rings. The molecule has 1 saturated heterocycles. The molecule has 0 saturated carbocycles. The summed E-state index contributed by atoms with van der Waals surface area (Å²) in [7, 11) is 1.48. The van der Waals surface area contributed by atoms with Crippen molar-refractivity contribution in [3.63, 3.8) is 0 Å². The van der Waals surface area contributed by atoms with E-state index in [0.717, 1.165) is 6.42 Å². The standard InChI is InChI=1S/C18H24FNO4/c1-18(2,11-16(22)23)10-15(21)20-9-5-7-13(20)17-12(19)6-4-8-14(17)24-3/h4,6,8,13H,5,7,9-11H2,1-3H3,(H,22,23). The molecule has 0 radical (unpaired) electrons. The van der Waals surface area contributed by atoms with E-state index in [9.17, 15) is 14.0 Å². The first-order chi connectivity index (χ1) is 11.2. The number of amides is 1. The first kappa shape index (κ1) is 18.2. The van der Waals surface area contributed by atoms with Crippen LogP contribution < -0.4 is 4.74 Å². The van der Waals surface area contributed by atoms with Crippen molar-refractivity contribution in [1.29, 1.82) is 0 Å². The summed E-state index contributed by atoms with van der Waals surface area (Å²) >= 11 is 0. The van der Waals surface area contributed by atoms with Crippen LogP contribution in [0.4, 0.5) is 4.39 Å². The number of carbonyl (C=O) groups is 2.